The van der Waals surface area contributed by atoms with Gasteiger partial charge in [0.25, 0.3) is 0 Å². The van der Waals surface area contributed by atoms with Crippen molar-refractivity contribution >= 4 is 39.6 Å². The molecule has 0 atom stereocenters. The molecule has 2 N–H and O–H groups in total. The first-order valence-corrected chi connectivity index (χ1v) is 9.81. The molecular formula is C22H21BrN4O2. The van der Waals surface area contributed by atoms with Gasteiger partial charge >= 0.3 is 11.8 Å². The predicted octanol–water partition coefficient (Wildman–Crippen LogP) is 4.25. The van der Waals surface area contributed by atoms with Gasteiger partial charge in [-0.2, -0.15) is 5.10 Å². The molecule has 7 heteroatoms. The van der Waals surface area contributed by atoms with E-state index in [0.717, 1.165) is 32.7 Å². The zero-order chi connectivity index (χ0) is 21.0. The molecule has 2 aromatic carbocycles. The number of carbonyl (C=O) groups excluding carboxylic acids is 2. The van der Waals surface area contributed by atoms with Gasteiger partial charge < -0.3 is 9.88 Å². The van der Waals surface area contributed by atoms with E-state index in [-0.39, 0.29) is 0 Å². The van der Waals surface area contributed by atoms with Gasteiger partial charge in [0, 0.05) is 32.8 Å². The van der Waals surface area contributed by atoms with Crippen LogP contribution in [0.1, 0.15) is 22.5 Å². The molecule has 1 aromatic heterocycles. The minimum Gasteiger partial charge on any atom is -0.318 e. The average Bonchev–Trinajstić information content (AvgIpc) is 2.97. The molecule has 0 saturated heterocycles. The van der Waals surface area contributed by atoms with Gasteiger partial charge in [0.05, 0.1) is 6.21 Å². The summed E-state index contributed by atoms with van der Waals surface area (Å²) in [6.07, 6.45) is 1.54. The average molecular weight is 453 g/mol. The van der Waals surface area contributed by atoms with Crippen molar-refractivity contribution in [2.45, 2.75) is 20.8 Å². The summed E-state index contributed by atoms with van der Waals surface area (Å²) in [5, 5.41) is 6.46. The highest BCUT2D eigenvalue weighted by molar-refractivity contribution is 9.10. The standard InChI is InChI=1S/C22H21BrN4O2/c1-14-6-4-5-7-20(14)27-15(2)12-17(16(27)3)13-24-26-22(29)21(28)25-19-10-8-18(23)9-11-19/h4-13H,1-3H3,(H,25,28)(H,26,29)/b24-13-. The van der Waals surface area contributed by atoms with Crippen molar-refractivity contribution in [2.24, 2.45) is 5.10 Å². The van der Waals surface area contributed by atoms with Crippen LogP contribution in [0.2, 0.25) is 0 Å². The van der Waals surface area contributed by atoms with Crippen molar-refractivity contribution in [3.63, 3.8) is 0 Å². The van der Waals surface area contributed by atoms with Gasteiger partial charge in [0.2, 0.25) is 0 Å². The van der Waals surface area contributed by atoms with Crippen LogP contribution in [0.15, 0.2) is 64.2 Å². The number of benzene rings is 2. The first-order valence-electron chi connectivity index (χ1n) is 9.01. The second-order valence-corrected chi connectivity index (χ2v) is 7.52. The smallest absolute Gasteiger partial charge is 0.318 e. The number of halogens is 1. The van der Waals surface area contributed by atoms with E-state index in [1.54, 1.807) is 30.5 Å². The zero-order valence-electron chi connectivity index (χ0n) is 16.4. The van der Waals surface area contributed by atoms with Crippen LogP contribution in [0, 0.1) is 20.8 Å². The maximum absolute atomic E-state index is 12.0. The SMILES string of the molecule is Cc1ccccc1-n1c(C)cc(/C=N\NC(=O)C(=O)Nc2ccc(Br)cc2)c1C. The molecule has 0 saturated carbocycles. The van der Waals surface area contributed by atoms with Gasteiger partial charge in [-0.3, -0.25) is 9.59 Å². The molecule has 148 valence electrons. The van der Waals surface area contributed by atoms with E-state index in [2.05, 4.69) is 55.4 Å². The van der Waals surface area contributed by atoms with Gasteiger partial charge in [-0.1, -0.05) is 34.1 Å². The van der Waals surface area contributed by atoms with Crippen molar-refractivity contribution in [3.8, 4) is 5.69 Å². The van der Waals surface area contributed by atoms with Gasteiger partial charge in [0.1, 0.15) is 0 Å². The minimum atomic E-state index is -0.836. The Morgan fingerprint density at radius 2 is 1.69 bits per heavy atom. The highest BCUT2D eigenvalue weighted by Crippen LogP contribution is 2.22. The number of nitrogens with one attached hydrogen (secondary N) is 2. The van der Waals surface area contributed by atoms with Crippen LogP contribution in [-0.2, 0) is 9.59 Å². The summed E-state index contributed by atoms with van der Waals surface area (Å²) >= 11 is 3.32. The summed E-state index contributed by atoms with van der Waals surface area (Å²) in [4.78, 5) is 24.0. The highest BCUT2D eigenvalue weighted by atomic mass is 79.9. The minimum absolute atomic E-state index is 0.527. The number of hydrogen-bond acceptors (Lipinski definition) is 3. The largest absolute Gasteiger partial charge is 0.329 e. The van der Waals surface area contributed by atoms with Crippen LogP contribution in [0.5, 0.6) is 0 Å². The number of nitrogens with zero attached hydrogens (tertiary/aromatic N) is 2. The third kappa shape index (κ3) is 4.81. The second-order valence-electron chi connectivity index (χ2n) is 6.61. The van der Waals surface area contributed by atoms with E-state index >= 15 is 0 Å². The topological polar surface area (TPSA) is 75.5 Å². The molecule has 6 nitrogen and oxygen atoms in total. The van der Waals surface area contributed by atoms with Gasteiger partial charge in [0.15, 0.2) is 0 Å². The lowest BCUT2D eigenvalue weighted by Crippen LogP contribution is -2.32. The number of anilines is 1. The molecule has 3 aromatic rings. The number of hydrazone groups is 1. The normalized spacial score (nSPS) is 10.9. The van der Waals surface area contributed by atoms with Crippen molar-refractivity contribution < 1.29 is 9.59 Å². The van der Waals surface area contributed by atoms with E-state index in [1.807, 2.05) is 32.0 Å². The molecule has 0 spiro atoms. The Morgan fingerprint density at radius 3 is 2.38 bits per heavy atom. The molecule has 0 aliphatic carbocycles. The quantitative estimate of drug-likeness (QED) is 0.352. The Hall–Kier alpha value is -3.19. The van der Waals surface area contributed by atoms with E-state index in [9.17, 15) is 9.59 Å². The molecule has 0 radical (unpaired) electrons. The Labute approximate surface area is 177 Å². The maximum atomic E-state index is 12.0. The summed E-state index contributed by atoms with van der Waals surface area (Å²) < 4.78 is 3.02. The Bertz CT molecular complexity index is 1080. The number of amides is 2. The molecular weight excluding hydrogens is 432 g/mol. The molecule has 0 aliphatic rings. The lowest BCUT2D eigenvalue weighted by Gasteiger charge is -2.12. The van der Waals surface area contributed by atoms with Crippen LogP contribution in [0.3, 0.4) is 0 Å². The fourth-order valence-electron chi connectivity index (χ4n) is 3.04. The Balaban J connectivity index is 1.68. The van der Waals surface area contributed by atoms with Crippen molar-refractivity contribution in [2.75, 3.05) is 5.32 Å². The molecule has 3 rings (SSSR count). The van der Waals surface area contributed by atoms with Crippen LogP contribution in [0.4, 0.5) is 5.69 Å². The first-order chi connectivity index (χ1) is 13.9. The maximum Gasteiger partial charge on any atom is 0.329 e. The number of rotatable bonds is 4. The monoisotopic (exact) mass is 452 g/mol. The molecule has 0 aliphatic heterocycles. The van der Waals surface area contributed by atoms with Crippen molar-refractivity contribution in [1.82, 2.24) is 9.99 Å². The number of hydrogen-bond donors (Lipinski definition) is 2. The van der Waals surface area contributed by atoms with E-state index in [0.29, 0.717) is 5.69 Å². The zero-order valence-corrected chi connectivity index (χ0v) is 17.9. The predicted molar refractivity (Wildman–Crippen MR) is 118 cm³/mol. The van der Waals surface area contributed by atoms with E-state index in [1.165, 1.54) is 0 Å². The van der Waals surface area contributed by atoms with Crippen molar-refractivity contribution in [1.29, 1.82) is 0 Å². The lowest BCUT2D eigenvalue weighted by atomic mass is 10.2. The molecule has 0 bridgehead atoms. The molecule has 29 heavy (non-hydrogen) atoms. The van der Waals surface area contributed by atoms with E-state index < -0.39 is 11.8 Å². The van der Waals surface area contributed by atoms with Crippen LogP contribution in [-0.4, -0.2) is 22.6 Å². The summed E-state index contributed by atoms with van der Waals surface area (Å²) in [6, 6.07) is 17.0. The molecule has 0 fully saturated rings. The molecule has 2 amide bonds. The summed E-state index contributed by atoms with van der Waals surface area (Å²) in [7, 11) is 0. The molecule has 1 heterocycles. The number of para-hydroxylation sites is 1. The number of aryl methyl sites for hydroxylation is 2. The second kappa shape index (κ2) is 8.87. The van der Waals surface area contributed by atoms with Crippen LogP contribution >= 0.6 is 15.9 Å². The summed E-state index contributed by atoms with van der Waals surface area (Å²) in [5.74, 6) is -1.62. The lowest BCUT2D eigenvalue weighted by molar-refractivity contribution is -0.136. The fraction of sp³-hybridized carbons (Fsp3) is 0.136. The summed E-state index contributed by atoms with van der Waals surface area (Å²) in [5.41, 5.74) is 7.96. The number of aromatic nitrogens is 1. The fourth-order valence-corrected chi connectivity index (χ4v) is 3.30. The van der Waals surface area contributed by atoms with Crippen LogP contribution < -0.4 is 10.7 Å². The highest BCUT2D eigenvalue weighted by Gasteiger charge is 2.14. The van der Waals surface area contributed by atoms with Crippen LogP contribution in [0.25, 0.3) is 5.69 Å². The van der Waals surface area contributed by atoms with Gasteiger partial charge in [-0.15, -0.1) is 0 Å². The summed E-state index contributed by atoms with van der Waals surface area (Å²) in [6.45, 7) is 6.07. The van der Waals surface area contributed by atoms with Crippen molar-refractivity contribution in [3.05, 3.63) is 81.6 Å². The van der Waals surface area contributed by atoms with Gasteiger partial charge in [-0.05, 0) is 62.7 Å². The van der Waals surface area contributed by atoms with E-state index in [4.69, 9.17) is 0 Å². The third-order valence-corrected chi connectivity index (χ3v) is 5.03. The Morgan fingerprint density at radius 1 is 1.00 bits per heavy atom. The third-order valence-electron chi connectivity index (χ3n) is 4.50. The Kier molecular flexibility index (Phi) is 6.29. The molecule has 0 unspecified atom stereocenters. The van der Waals surface area contributed by atoms with Gasteiger partial charge in [-0.25, -0.2) is 5.43 Å². The first kappa shape index (κ1) is 20.5. The number of carbonyl (C=O) groups is 2.